The minimum atomic E-state index is -0.328. The van der Waals surface area contributed by atoms with Gasteiger partial charge in [0.1, 0.15) is 9.75 Å². The highest BCUT2D eigenvalue weighted by atomic mass is 79.9. The molecule has 0 aliphatic rings. The predicted octanol–water partition coefficient (Wildman–Crippen LogP) is 26.0. The summed E-state index contributed by atoms with van der Waals surface area (Å²) in [4.78, 5) is 124. The Morgan fingerprint density at radius 2 is 0.737 bits per heavy atom. The fraction of sp³-hybridized carbons (Fsp3) is 0.405. The number of hydrogen-bond acceptors (Lipinski definition) is 30. The fourth-order valence-electron chi connectivity index (χ4n) is 9.49. The molecule has 0 atom stereocenters. The van der Waals surface area contributed by atoms with Crippen molar-refractivity contribution in [3.8, 4) is 0 Å². The molecule has 0 saturated heterocycles. The largest absolute Gasteiger partial charge is 0.465 e. The molecular weight excluding hydrogens is 1880 g/mol. The van der Waals surface area contributed by atoms with Crippen LogP contribution in [-0.4, -0.2) is 129 Å². The lowest BCUT2D eigenvalue weighted by Crippen LogP contribution is -2.08. The van der Waals surface area contributed by atoms with Gasteiger partial charge in [-0.2, -0.15) is 0 Å². The van der Waals surface area contributed by atoms with E-state index < -0.39 is 0 Å². The molecule has 0 fully saturated rings. The van der Waals surface area contributed by atoms with Gasteiger partial charge in [-0.3, -0.25) is 0 Å². The maximum atomic E-state index is 11.5. The topological polar surface area (TPSA) is 263 Å². The van der Waals surface area contributed by atoms with Gasteiger partial charge < -0.3 is 47.4 Å². The number of hydrogen-bond donors (Lipinski definition) is 0. The summed E-state index contributed by atoms with van der Waals surface area (Å²) in [6.07, 6.45) is 0. The van der Waals surface area contributed by atoms with Gasteiger partial charge in [0.05, 0.1) is 130 Å². The quantitative estimate of drug-likeness (QED) is 0.0723. The summed E-state index contributed by atoms with van der Waals surface area (Å²) in [6, 6.07) is 8.99. The summed E-state index contributed by atoms with van der Waals surface area (Å²) >= 11 is 33.4. The van der Waals surface area contributed by atoms with Crippen molar-refractivity contribution in [2.45, 2.75) is 165 Å². The van der Waals surface area contributed by atoms with Gasteiger partial charge >= 0.3 is 59.7 Å². The van der Waals surface area contributed by atoms with Crippen molar-refractivity contribution in [3.05, 3.63) is 210 Å². The predicted molar refractivity (Wildman–Crippen MR) is 495 cm³/mol. The molecule has 0 N–H and O–H groups in total. The zero-order chi connectivity index (χ0) is 90.5. The van der Waals surface area contributed by atoms with Crippen LogP contribution < -0.4 is 0 Å². The van der Waals surface area contributed by atoms with Crippen LogP contribution in [0.2, 0.25) is 8.67 Å². The SMILES string of the molecule is CCOC(=O)c1c(C)csc1C.CCOC(=O)c1c(C)sc(Br)c1C.CCOC(=O)c1c(C)sc(C)c1C.CCOC(=O)c1c(C)sc(Cl)c1C.COC(=O)c1cc(Br)sc1C.COC(=O)c1cc(C(C)(C)C)sc1C.COC(=O)c1cc(Cl)sc1C.COC(=O)c1ccsc1C.COC(=O)c1scc(C)c1C.COC(=O)c1sccc1C. The van der Waals surface area contributed by atoms with E-state index in [1.54, 1.807) is 81.8 Å². The molecule has 34 heteroatoms. The maximum absolute atomic E-state index is 11.5. The summed E-state index contributed by atoms with van der Waals surface area (Å²) in [5.74, 6) is -2.47. The van der Waals surface area contributed by atoms with E-state index in [9.17, 15) is 47.9 Å². The first-order valence-corrected chi connectivity index (χ1v) is 46.5. The normalized spacial score (nSPS) is 10.0. The molecule has 0 aliphatic heterocycles. The Hall–Kier alpha value is -6.76. The Morgan fingerprint density at radius 1 is 0.339 bits per heavy atom. The highest BCUT2D eigenvalue weighted by Crippen LogP contribution is 2.36. The van der Waals surface area contributed by atoms with Crippen LogP contribution in [0.5, 0.6) is 0 Å². The summed E-state index contributed by atoms with van der Waals surface area (Å²) in [5.41, 5.74) is 12.5. The smallest absolute Gasteiger partial charge is 0.348 e. The first kappa shape index (κ1) is 109. The number of rotatable bonds is 14. The molecule has 0 aliphatic carbocycles. The van der Waals surface area contributed by atoms with E-state index >= 15 is 0 Å². The summed E-state index contributed by atoms with van der Waals surface area (Å²) in [6.45, 7) is 46.1. The number of carbonyl (C=O) groups excluding carboxylic acids is 10. The number of halogens is 4. The van der Waals surface area contributed by atoms with Gasteiger partial charge in [0.25, 0.3) is 0 Å². The van der Waals surface area contributed by atoms with Crippen molar-refractivity contribution >= 4 is 228 Å². The van der Waals surface area contributed by atoms with Crippen molar-refractivity contribution in [1.29, 1.82) is 0 Å². The molecule has 0 saturated carbocycles. The van der Waals surface area contributed by atoms with Crippen LogP contribution in [-0.2, 0) is 52.8 Å². The van der Waals surface area contributed by atoms with Gasteiger partial charge in [0.15, 0.2) is 0 Å². The standard InChI is InChI=1S/C11H16O2S.C10H14O2S.C9H11BrO2S.C9H11ClO2S.C9H12O2S.C8H10O2S.C7H7BrO2S.C7H7ClO2S.2C7H8O2S/c1-7-8(10(12)13-5)6-9(14-7)11(2,3)4;1-5-12-10(11)9-6(2)7(3)13-8(9)4;2*1-4-12-9(11)7-5(2)8(10)13-6(7)3;1-4-11-9(10)8-6(2)5-12-7(8)3;1-5-4-11-7(6(5)2)8(9)10-3;2*1-4-5(7(9)10-2)3-6(8)11-4;1-5-6(3-4-10-5)7(8)9-2;1-5-3-4-10-6(5)7(8)9-2/h6H,1-5H3;5H2,1-4H3;2*4H2,1-3H3;5H,4H2,1-3H3;4H,1-3H3;2*3H,1-2H3;2*3-4H,1-2H3. The van der Waals surface area contributed by atoms with Crippen LogP contribution in [0, 0.1) is 111 Å². The molecule has 20 nitrogen and oxygen atoms in total. The molecule has 648 valence electrons. The average Bonchev–Trinajstić information content (AvgIpc) is 1.69. The van der Waals surface area contributed by atoms with Gasteiger partial charge in [0.2, 0.25) is 0 Å². The lowest BCUT2D eigenvalue weighted by molar-refractivity contribution is 0.0515. The van der Waals surface area contributed by atoms with Crippen LogP contribution in [0.25, 0.3) is 0 Å². The van der Waals surface area contributed by atoms with E-state index in [4.69, 9.17) is 46.9 Å². The van der Waals surface area contributed by atoms with Crippen LogP contribution in [0.1, 0.15) is 238 Å². The van der Waals surface area contributed by atoms with Gasteiger partial charge in [-0.25, -0.2) is 47.9 Å². The van der Waals surface area contributed by atoms with Gasteiger partial charge in [-0.15, -0.1) is 113 Å². The Balaban J connectivity index is 0.000000657. The summed E-state index contributed by atoms with van der Waals surface area (Å²) in [5, 5.41) is 7.69. The van der Waals surface area contributed by atoms with Crippen molar-refractivity contribution in [2.75, 3.05) is 69.1 Å². The molecule has 10 aromatic heterocycles. The van der Waals surface area contributed by atoms with E-state index in [0.29, 0.717) is 78.2 Å². The van der Waals surface area contributed by atoms with Gasteiger partial charge in [0, 0.05) is 48.8 Å². The molecule has 0 aromatic carbocycles. The average molecular weight is 1990 g/mol. The third-order valence-corrected chi connectivity index (χ3v) is 28.9. The van der Waals surface area contributed by atoms with Crippen molar-refractivity contribution in [1.82, 2.24) is 0 Å². The zero-order valence-electron chi connectivity index (χ0n) is 71.8. The molecular formula is C84H104Br2Cl2O20S10. The van der Waals surface area contributed by atoms with Gasteiger partial charge in [-0.1, -0.05) is 44.0 Å². The first-order valence-electron chi connectivity index (χ1n) is 35.8. The van der Waals surface area contributed by atoms with Crippen LogP contribution >= 0.6 is 168 Å². The van der Waals surface area contributed by atoms with Gasteiger partial charge in [-0.05, 0) is 267 Å². The molecule has 10 rings (SSSR count). The van der Waals surface area contributed by atoms with Crippen LogP contribution in [0.3, 0.4) is 0 Å². The third-order valence-electron chi connectivity index (χ3n) is 16.0. The monoisotopic (exact) mass is 1980 g/mol. The Labute approximate surface area is 760 Å². The lowest BCUT2D eigenvalue weighted by Gasteiger charge is -2.15. The van der Waals surface area contributed by atoms with E-state index in [1.807, 2.05) is 165 Å². The van der Waals surface area contributed by atoms with Crippen LogP contribution in [0.4, 0.5) is 0 Å². The number of carbonyl (C=O) groups is 10. The number of ether oxygens (including phenoxy) is 10. The second-order valence-corrected chi connectivity index (χ2v) is 40.9. The highest BCUT2D eigenvalue weighted by Gasteiger charge is 2.24. The molecule has 0 spiro atoms. The number of aryl methyl sites for hydroxylation is 12. The van der Waals surface area contributed by atoms with Crippen molar-refractivity contribution in [3.63, 3.8) is 0 Å². The number of methoxy groups -OCH3 is 6. The maximum Gasteiger partial charge on any atom is 0.348 e. The molecule has 0 bridgehead atoms. The second kappa shape index (κ2) is 54.6. The minimum absolute atomic E-state index is 0.0989. The molecule has 118 heavy (non-hydrogen) atoms. The van der Waals surface area contributed by atoms with E-state index in [-0.39, 0.29) is 65.1 Å². The molecule has 0 amide bonds. The number of esters is 10. The molecule has 10 aromatic rings. The zero-order valence-corrected chi connectivity index (χ0v) is 84.6. The number of thiophene rings is 10. The van der Waals surface area contributed by atoms with Crippen LogP contribution in [0.15, 0.2) is 59.4 Å². The lowest BCUT2D eigenvalue weighted by atomic mass is 9.94. The Bertz CT molecular complexity index is 4660. The Kier molecular flexibility index (Phi) is 50.5. The Morgan fingerprint density at radius 3 is 1.06 bits per heavy atom. The third kappa shape index (κ3) is 34.3. The molecule has 0 unspecified atom stereocenters. The fourth-order valence-corrected chi connectivity index (χ4v) is 20.9. The molecule has 0 radical (unpaired) electrons. The summed E-state index contributed by atoms with van der Waals surface area (Å²) < 4.78 is 50.5. The van der Waals surface area contributed by atoms with Crippen molar-refractivity contribution < 1.29 is 95.3 Å². The summed E-state index contributed by atoms with van der Waals surface area (Å²) in [7, 11) is 8.33. The second-order valence-electron chi connectivity index (χ2n) is 25.3. The van der Waals surface area contributed by atoms with E-state index in [1.165, 1.54) is 109 Å². The first-order chi connectivity index (χ1) is 55.2. The molecule has 10 heterocycles. The van der Waals surface area contributed by atoms with E-state index in [0.717, 1.165) is 96.7 Å². The highest BCUT2D eigenvalue weighted by molar-refractivity contribution is 9.11. The minimum Gasteiger partial charge on any atom is -0.465 e. The van der Waals surface area contributed by atoms with E-state index in [2.05, 4.69) is 76.3 Å². The van der Waals surface area contributed by atoms with Crippen molar-refractivity contribution in [2.24, 2.45) is 0 Å².